The summed E-state index contributed by atoms with van der Waals surface area (Å²) < 4.78 is 6.75. The van der Waals surface area contributed by atoms with Gasteiger partial charge in [0.05, 0.1) is 18.2 Å². The number of hydrogen-bond donors (Lipinski definition) is 1. The average molecular weight is 519 g/mol. The minimum absolute atomic E-state index is 0. The quantitative estimate of drug-likeness (QED) is 0.210. The lowest BCUT2D eigenvalue weighted by molar-refractivity contribution is -0.158. The molecule has 2 atom stereocenters. The van der Waals surface area contributed by atoms with Crippen molar-refractivity contribution in [3.63, 3.8) is 0 Å². The average Bonchev–Trinajstić information content (AvgIpc) is 3.03. The maximum Gasteiger partial charge on any atom is 0.330 e. The molecule has 1 aromatic carbocycles. The van der Waals surface area contributed by atoms with Crippen molar-refractivity contribution in [2.45, 2.75) is 39.2 Å². The number of hydroxylamine groups is 1. The van der Waals surface area contributed by atoms with Crippen LogP contribution in [0, 0.1) is 12.8 Å². The molecule has 0 fully saturated rings. The van der Waals surface area contributed by atoms with E-state index >= 15 is 0 Å². The number of aldehydes is 1. The number of aromatic nitrogens is 1. The number of halogens is 1. The summed E-state index contributed by atoms with van der Waals surface area (Å²) in [4.78, 5) is 60.6. The minimum atomic E-state index is -1.16. The van der Waals surface area contributed by atoms with Crippen LogP contribution in [0.5, 0.6) is 0 Å². The molecule has 2 heterocycles. The van der Waals surface area contributed by atoms with E-state index in [2.05, 4.69) is 10.5 Å². The summed E-state index contributed by atoms with van der Waals surface area (Å²) in [5.41, 5.74) is 5.42. The normalized spacial score (nSPS) is 15.4. The number of carbonyl (C=O) groups is 4. The highest BCUT2D eigenvalue weighted by molar-refractivity contribution is 6.11. The predicted octanol–water partition coefficient (Wildman–Crippen LogP) is 2.82. The number of aliphatic imine (C=N–C) groups is 1. The molecule has 2 aromatic rings. The zero-order valence-electron chi connectivity index (χ0n) is 20.5. The lowest BCUT2D eigenvalue weighted by Crippen LogP contribution is -2.43. The molecule has 1 aromatic heterocycles. The highest BCUT2D eigenvalue weighted by Gasteiger charge is 2.40. The minimum Gasteiger partial charge on any atom is -0.466 e. The summed E-state index contributed by atoms with van der Waals surface area (Å²) >= 11 is 0. The Labute approximate surface area is 216 Å². The SMILES string of the molecule is CCOC(=O)CCCNOC(=O)C(CC=O)C1N=Cc2c(cn(C)c2C)N(c2ccccc2)C1=O.Cl. The first-order valence-corrected chi connectivity index (χ1v) is 11.5. The maximum atomic E-state index is 13.8. The van der Waals surface area contributed by atoms with Crippen molar-refractivity contribution in [2.24, 2.45) is 18.0 Å². The number of ether oxygens (including phenoxy) is 1. The van der Waals surface area contributed by atoms with E-state index in [1.807, 2.05) is 42.9 Å². The summed E-state index contributed by atoms with van der Waals surface area (Å²) in [6.07, 6.45) is 4.31. The van der Waals surface area contributed by atoms with E-state index in [4.69, 9.17) is 9.57 Å². The first-order chi connectivity index (χ1) is 16.9. The highest BCUT2D eigenvalue weighted by atomic mass is 35.5. The molecule has 0 bridgehead atoms. The molecule has 0 spiro atoms. The summed E-state index contributed by atoms with van der Waals surface area (Å²) in [6.45, 7) is 4.15. The van der Waals surface area contributed by atoms with Gasteiger partial charge in [0, 0.05) is 55.8 Å². The van der Waals surface area contributed by atoms with Gasteiger partial charge in [0.1, 0.15) is 12.3 Å². The molecule has 3 rings (SSSR count). The Morgan fingerprint density at radius 2 is 1.97 bits per heavy atom. The Hall–Kier alpha value is -3.50. The Morgan fingerprint density at radius 3 is 2.64 bits per heavy atom. The molecular formula is C25H31ClN4O6. The second-order valence-corrected chi connectivity index (χ2v) is 8.09. The molecule has 1 aliphatic rings. The number of fused-ring (bicyclic) bond motifs is 1. The molecule has 0 radical (unpaired) electrons. The smallest absolute Gasteiger partial charge is 0.330 e. The number of nitrogens with zero attached hydrogens (tertiary/aromatic N) is 3. The lowest BCUT2D eigenvalue weighted by Gasteiger charge is -2.26. The first kappa shape index (κ1) is 28.7. The lowest BCUT2D eigenvalue weighted by atomic mass is 9.96. The molecule has 10 nitrogen and oxygen atoms in total. The van der Waals surface area contributed by atoms with Crippen molar-refractivity contribution in [3.05, 3.63) is 47.8 Å². The standard InChI is InChI=1S/C25H30N4O6.ClH/c1-4-34-22(31)11-8-13-27-35-25(33)19(12-14-30)23-24(32)29(18-9-6-5-7-10-18)21-16-28(3)17(2)20(21)15-26-23;/h5-7,9-10,14-16,19,23,27H,4,8,11-13H2,1-3H3;1H. The fourth-order valence-electron chi connectivity index (χ4n) is 3.85. The topological polar surface area (TPSA) is 119 Å². The molecule has 36 heavy (non-hydrogen) atoms. The van der Waals surface area contributed by atoms with Crippen molar-refractivity contribution in [1.29, 1.82) is 0 Å². The molecule has 2 unspecified atom stereocenters. The summed E-state index contributed by atoms with van der Waals surface area (Å²) in [5, 5.41) is 0. The van der Waals surface area contributed by atoms with Crippen LogP contribution >= 0.6 is 12.4 Å². The number of aryl methyl sites for hydroxylation is 1. The number of esters is 1. The van der Waals surface area contributed by atoms with Crippen LogP contribution in [0.1, 0.15) is 37.4 Å². The van der Waals surface area contributed by atoms with Crippen LogP contribution in [-0.4, -0.2) is 54.1 Å². The number of para-hydroxylation sites is 1. The van der Waals surface area contributed by atoms with Gasteiger partial charge < -0.3 is 18.9 Å². The number of hydrogen-bond acceptors (Lipinski definition) is 8. The van der Waals surface area contributed by atoms with Gasteiger partial charge in [0.25, 0.3) is 5.91 Å². The first-order valence-electron chi connectivity index (χ1n) is 11.5. The number of anilines is 2. The summed E-state index contributed by atoms with van der Waals surface area (Å²) in [6, 6.07) is 7.91. The Morgan fingerprint density at radius 1 is 1.25 bits per heavy atom. The summed E-state index contributed by atoms with van der Waals surface area (Å²) in [5.74, 6) is -2.68. The monoisotopic (exact) mass is 518 g/mol. The molecule has 194 valence electrons. The zero-order chi connectivity index (χ0) is 25.4. The number of amides is 1. The fourth-order valence-corrected chi connectivity index (χ4v) is 3.85. The Kier molecular flexibility index (Phi) is 10.8. The molecule has 1 amide bonds. The number of rotatable bonds is 11. The van der Waals surface area contributed by atoms with E-state index < -0.39 is 23.8 Å². The molecular weight excluding hydrogens is 488 g/mol. The van der Waals surface area contributed by atoms with Crippen molar-refractivity contribution in [3.8, 4) is 0 Å². The molecule has 0 aliphatic carbocycles. The van der Waals surface area contributed by atoms with Gasteiger partial charge in [-0.1, -0.05) is 18.2 Å². The third kappa shape index (κ3) is 6.58. The number of nitrogens with one attached hydrogen (secondary N) is 1. The largest absolute Gasteiger partial charge is 0.466 e. The molecule has 11 heteroatoms. The van der Waals surface area contributed by atoms with Crippen LogP contribution in [0.2, 0.25) is 0 Å². The summed E-state index contributed by atoms with van der Waals surface area (Å²) in [7, 11) is 1.88. The van der Waals surface area contributed by atoms with E-state index in [0.29, 0.717) is 30.7 Å². The van der Waals surface area contributed by atoms with Crippen LogP contribution in [0.3, 0.4) is 0 Å². The van der Waals surface area contributed by atoms with E-state index in [-0.39, 0.29) is 37.8 Å². The molecule has 0 saturated heterocycles. The van der Waals surface area contributed by atoms with Gasteiger partial charge in [0.15, 0.2) is 0 Å². The van der Waals surface area contributed by atoms with Gasteiger partial charge in [-0.15, -0.1) is 12.4 Å². The maximum absolute atomic E-state index is 13.8. The molecule has 0 saturated carbocycles. The van der Waals surface area contributed by atoms with E-state index in [1.54, 1.807) is 25.3 Å². The van der Waals surface area contributed by atoms with Crippen LogP contribution in [0.15, 0.2) is 41.5 Å². The van der Waals surface area contributed by atoms with Gasteiger partial charge in [0.2, 0.25) is 0 Å². The van der Waals surface area contributed by atoms with Crippen LogP contribution in [0.4, 0.5) is 11.4 Å². The van der Waals surface area contributed by atoms with E-state index in [9.17, 15) is 19.2 Å². The number of benzene rings is 1. The Bertz CT molecular complexity index is 1100. The van der Waals surface area contributed by atoms with Crippen molar-refractivity contribution >= 4 is 54.1 Å². The predicted molar refractivity (Wildman–Crippen MR) is 137 cm³/mol. The van der Waals surface area contributed by atoms with Crippen molar-refractivity contribution in [1.82, 2.24) is 10.0 Å². The second kappa shape index (κ2) is 13.6. The van der Waals surface area contributed by atoms with Crippen LogP contribution < -0.4 is 10.4 Å². The van der Waals surface area contributed by atoms with Crippen molar-refractivity contribution in [2.75, 3.05) is 18.1 Å². The van der Waals surface area contributed by atoms with Crippen LogP contribution in [0.25, 0.3) is 0 Å². The van der Waals surface area contributed by atoms with Gasteiger partial charge in [-0.2, -0.15) is 5.48 Å². The fraction of sp³-hybridized carbons (Fsp3) is 0.400. The van der Waals surface area contributed by atoms with Gasteiger partial charge in [-0.05, 0) is 32.4 Å². The van der Waals surface area contributed by atoms with Crippen LogP contribution in [-0.2, 0) is 35.8 Å². The zero-order valence-corrected chi connectivity index (χ0v) is 21.3. The third-order valence-corrected chi connectivity index (χ3v) is 5.78. The third-order valence-electron chi connectivity index (χ3n) is 5.78. The van der Waals surface area contributed by atoms with Gasteiger partial charge in [-0.25, -0.2) is 4.79 Å². The molecule has 1 aliphatic heterocycles. The highest BCUT2D eigenvalue weighted by Crippen LogP contribution is 2.35. The van der Waals surface area contributed by atoms with Gasteiger partial charge in [-0.3, -0.25) is 19.5 Å². The Balaban J connectivity index is 0.00000456. The van der Waals surface area contributed by atoms with Crippen molar-refractivity contribution < 1.29 is 28.8 Å². The van der Waals surface area contributed by atoms with Gasteiger partial charge >= 0.3 is 11.9 Å². The van der Waals surface area contributed by atoms with E-state index in [1.165, 1.54) is 4.90 Å². The number of carbonyl (C=O) groups excluding carboxylic acids is 4. The van der Waals surface area contributed by atoms with E-state index in [0.717, 1.165) is 11.3 Å². The molecule has 1 N–H and O–H groups in total. The second-order valence-electron chi connectivity index (χ2n) is 8.09.